The third-order valence-corrected chi connectivity index (χ3v) is 1.78. The first kappa shape index (κ1) is 17.5. The molecule has 0 bridgehead atoms. The Bertz CT molecular complexity index is 192. The third-order valence-electron chi connectivity index (χ3n) is 1.78. The smallest absolute Gasteiger partial charge is 0.0202 e. The number of benzene rings is 1. The summed E-state index contributed by atoms with van der Waals surface area (Å²) in [5, 5.41) is 6.24. The quantitative estimate of drug-likeness (QED) is 0.821. The zero-order valence-corrected chi connectivity index (χ0v) is 11.7. The third kappa shape index (κ3) is 8.45. The summed E-state index contributed by atoms with van der Waals surface area (Å²) in [7, 11) is 3.92. The van der Waals surface area contributed by atoms with E-state index in [0.29, 0.717) is 0 Å². The van der Waals surface area contributed by atoms with Crippen LogP contribution in [-0.2, 0) is 13.1 Å². The van der Waals surface area contributed by atoms with Crippen LogP contribution in [0.25, 0.3) is 0 Å². The summed E-state index contributed by atoms with van der Waals surface area (Å²) in [6, 6.07) is 8.62. The van der Waals surface area contributed by atoms with E-state index < -0.39 is 0 Å². The monoisotopic (exact) mass is 224 g/mol. The van der Waals surface area contributed by atoms with Crippen LogP contribution in [0, 0.1) is 0 Å². The summed E-state index contributed by atoms with van der Waals surface area (Å²) in [5.74, 6) is 0. The van der Waals surface area contributed by atoms with Gasteiger partial charge in [0.25, 0.3) is 0 Å². The number of hydrogen-bond acceptors (Lipinski definition) is 2. The highest BCUT2D eigenvalue weighted by Crippen LogP contribution is 2.03. The highest BCUT2D eigenvalue weighted by atomic mass is 14.8. The minimum absolute atomic E-state index is 0.944. The lowest BCUT2D eigenvalue weighted by Crippen LogP contribution is -2.07. The first-order valence-electron chi connectivity index (χ1n) is 6.24. The molecular formula is C14H28N2. The van der Waals surface area contributed by atoms with Crippen LogP contribution in [0.5, 0.6) is 0 Å². The molecule has 2 heteroatoms. The summed E-state index contributed by atoms with van der Waals surface area (Å²) < 4.78 is 0. The van der Waals surface area contributed by atoms with Gasteiger partial charge in [-0.05, 0) is 25.2 Å². The Balaban J connectivity index is 0. The molecule has 0 unspecified atom stereocenters. The van der Waals surface area contributed by atoms with Gasteiger partial charge >= 0.3 is 0 Å². The van der Waals surface area contributed by atoms with E-state index in [9.17, 15) is 0 Å². The molecule has 0 heterocycles. The van der Waals surface area contributed by atoms with Crippen LogP contribution < -0.4 is 10.6 Å². The summed E-state index contributed by atoms with van der Waals surface area (Å²) in [6.07, 6.45) is 0. The normalized spacial score (nSPS) is 8.38. The van der Waals surface area contributed by atoms with Crippen molar-refractivity contribution >= 4 is 0 Å². The van der Waals surface area contributed by atoms with E-state index >= 15 is 0 Å². The molecule has 0 atom stereocenters. The molecule has 1 rings (SSSR count). The van der Waals surface area contributed by atoms with Crippen LogP contribution >= 0.6 is 0 Å². The Labute approximate surface area is 101 Å². The van der Waals surface area contributed by atoms with Crippen molar-refractivity contribution in [2.45, 2.75) is 40.8 Å². The summed E-state index contributed by atoms with van der Waals surface area (Å²) >= 11 is 0. The van der Waals surface area contributed by atoms with Gasteiger partial charge in [0, 0.05) is 13.1 Å². The zero-order valence-electron chi connectivity index (χ0n) is 11.7. The summed E-state index contributed by atoms with van der Waals surface area (Å²) in [4.78, 5) is 0. The van der Waals surface area contributed by atoms with Crippen molar-refractivity contribution in [3.05, 3.63) is 35.4 Å². The van der Waals surface area contributed by atoms with Gasteiger partial charge in [-0.15, -0.1) is 0 Å². The maximum absolute atomic E-state index is 3.12. The largest absolute Gasteiger partial charge is 0.316 e. The van der Waals surface area contributed by atoms with Crippen molar-refractivity contribution in [2.24, 2.45) is 0 Å². The molecule has 1 aromatic rings. The Morgan fingerprint density at radius 3 is 1.12 bits per heavy atom. The molecule has 1 aromatic carbocycles. The van der Waals surface area contributed by atoms with Gasteiger partial charge in [0.15, 0.2) is 0 Å². The predicted molar refractivity (Wildman–Crippen MR) is 74.7 cm³/mol. The minimum atomic E-state index is 0.944. The van der Waals surface area contributed by atoms with Gasteiger partial charge < -0.3 is 10.6 Å². The van der Waals surface area contributed by atoms with Gasteiger partial charge in [-0.2, -0.15) is 0 Å². The molecule has 0 spiro atoms. The molecule has 0 fully saturated rings. The second-order valence-electron chi connectivity index (χ2n) is 2.88. The van der Waals surface area contributed by atoms with Crippen molar-refractivity contribution < 1.29 is 0 Å². The van der Waals surface area contributed by atoms with Crippen LogP contribution in [0.15, 0.2) is 24.3 Å². The van der Waals surface area contributed by atoms with Crippen LogP contribution in [0.3, 0.4) is 0 Å². The van der Waals surface area contributed by atoms with Gasteiger partial charge in [0.05, 0.1) is 0 Å². The predicted octanol–water partition coefficient (Wildman–Crippen LogP) is 3.18. The van der Waals surface area contributed by atoms with Crippen LogP contribution in [0.2, 0.25) is 0 Å². The fourth-order valence-electron chi connectivity index (χ4n) is 1.18. The van der Waals surface area contributed by atoms with Gasteiger partial charge in [-0.3, -0.25) is 0 Å². The van der Waals surface area contributed by atoms with Crippen LogP contribution in [0.1, 0.15) is 38.8 Å². The molecule has 0 amide bonds. The van der Waals surface area contributed by atoms with Gasteiger partial charge in [-0.1, -0.05) is 52.0 Å². The van der Waals surface area contributed by atoms with E-state index in [0.717, 1.165) is 13.1 Å². The molecule has 0 radical (unpaired) electrons. The van der Waals surface area contributed by atoms with E-state index in [1.165, 1.54) is 11.1 Å². The molecule has 0 aliphatic rings. The molecule has 0 saturated carbocycles. The van der Waals surface area contributed by atoms with Crippen molar-refractivity contribution in [3.8, 4) is 0 Å². The summed E-state index contributed by atoms with van der Waals surface area (Å²) in [6.45, 7) is 9.89. The standard InChI is InChI=1S/C10H16N2.2C2H6/c1-11-7-9-3-5-10(6-4-9)8-12-2;2*1-2/h3-6,11-12H,7-8H2,1-2H3;2*1-2H3. The fourth-order valence-corrected chi connectivity index (χ4v) is 1.18. The first-order chi connectivity index (χ1) is 7.86. The maximum atomic E-state index is 3.12. The highest BCUT2D eigenvalue weighted by molar-refractivity contribution is 5.22. The molecular weight excluding hydrogens is 196 g/mol. The zero-order chi connectivity index (χ0) is 12.8. The lowest BCUT2D eigenvalue weighted by molar-refractivity contribution is 0.804. The lowest BCUT2D eigenvalue weighted by Gasteiger charge is -2.02. The summed E-state index contributed by atoms with van der Waals surface area (Å²) in [5.41, 5.74) is 2.66. The Hall–Kier alpha value is -0.860. The molecule has 2 nitrogen and oxygen atoms in total. The average Bonchev–Trinajstić information content (AvgIpc) is 2.37. The van der Waals surface area contributed by atoms with Crippen LogP contribution in [0.4, 0.5) is 0 Å². The highest BCUT2D eigenvalue weighted by Gasteiger charge is 1.91. The molecule has 0 aliphatic carbocycles. The Kier molecular flexibility index (Phi) is 15.5. The van der Waals surface area contributed by atoms with Gasteiger partial charge in [0.1, 0.15) is 0 Å². The maximum Gasteiger partial charge on any atom is 0.0202 e. The van der Waals surface area contributed by atoms with E-state index in [1.54, 1.807) is 0 Å². The van der Waals surface area contributed by atoms with Crippen molar-refractivity contribution in [1.82, 2.24) is 10.6 Å². The Morgan fingerprint density at radius 1 is 0.688 bits per heavy atom. The molecule has 0 saturated heterocycles. The SMILES string of the molecule is CC.CC.CNCc1ccc(CNC)cc1. The number of nitrogens with one attached hydrogen (secondary N) is 2. The first-order valence-corrected chi connectivity index (χ1v) is 6.24. The van der Waals surface area contributed by atoms with E-state index in [4.69, 9.17) is 0 Å². The van der Waals surface area contributed by atoms with Gasteiger partial charge in [0.2, 0.25) is 0 Å². The van der Waals surface area contributed by atoms with Crippen molar-refractivity contribution in [2.75, 3.05) is 14.1 Å². The number of rotatable bonds is 4. The molecule has 2 N–H and O–H groups in total. The lowest BCUT2D eigenvalue weighted by atomic mass is 10.1. The van der Waals surface area contributed by atoms with E-state index in [1.807, 2.05) is 41.8 Å². The topological polar surface area (TPSA) is 24.1 Å². The molecule has 94 valence electrons. The second-order valence-corrected chi connectivity index (χ2v) is 2.88. The fraction of sp³-hybridized carbons (Fsp3) is 0.571. The van der Waals surface area contributed by atoms with Crippen molar-refractivity contribution in [3.63, 3.8) is 0 Å². The molecule has 0 aromatic heterocycles. The van der Waals surface area contributed by atoms with Crippen LogP contribution in [-0.4, -0.2) is 14.1 Å². The Morgan fingerprint density at radius 2 is 0.938 bits per heavy atom. The number of hydrogen-bond donors (Lipinski definition) is 2. The molecule has 0 aliphatic heterocycles. The van der Waals surface area contributed by atoms with E-state index in [2.05, 4.69) is 34.9 Å². The van der Waals surface area contributed by atoms with Crippen molar-refractivity contribution in [1.29, 1.82) is 0 Å². The van der Waals surface area contributed by atoms with E-state index in [-0.39, 0.29) is 0 Å². The molecule has 16 heavy (non-hydrogen) atoms. The second kappa shape index (κ2) is 14.1. The minimum Gasteiger partial charge on any atom is -0.316 e. The average molecular weight is 224 g/mol. The van der Waals surface area contributed by atoms with Gasteiger partial charge in [-0.25, -0.2) is 0 Å².